The number of rotatable bonds is 3. The Morgan fingerprint density at radius 1 is 1.35 bits per heavy atom. The second kappa shape index (κ2) is 5.15. The van der Waals surface area contributed by atoms with Crippen LogP contribution in [0, 0.1) is 6.92 Å². The molecule has 1 heterocycles. The summed E-state index contributed by atoms with van der Waals surface area (Å²) in [5.41, 5.74) is 8.82. The second-order valence-corrected chi connectivity index (χ2v) is 5.15. The van der Waals surface area contributed by atoms with E-state index in [1.165, 1.54) is 10.6 Å². The summed E-state index contributed by atoms with van der Waals surface area (Å²) >= 11 is 1.73. The van der Waals surface area contributed by atoms with Crippen molar-refractivity contribution < 1.29 is 0 Å². The summed E-state index contributed by atoms with van der Waals surface area (Å²) in [5.74, 6) is 0. The Labute approximate surface area is 106 Å². The molecule has 0 amide bonds. The van der Waals surface area contributed by atoms with Crippen LogP contribution in [0.1, 0.15) is 28.1 Å². The van der Waals surface area contributed by atoms with Crippen LogP contribution in [0.25, 0.3) is 12.2 Å². The van der Waals surface area contributed by atoms with Gasteiger partial charge in [0.15, 0.2) is 0 Å². The van der Waals surface area contributed by atoms with Crippen molar-refractivity contribution in [3.8, 4) is 0 Å². The minimum Gasteiger partial charge on any atom is -0.399 e. The molecule has 88 valence electrons. The van der Waals surface area contributed by atoms with Crippen molar-refractivity contribution >= 4 is 29.2 Å². The first-order chi connectivity index (χ1) is 8.19. The Hall–Kier alpha value is -1.61. The van der Waals surface area contributed by atoms with Crippen molar-refractivity contribution in [2.45, 2.75) is 20.3 Å². The lowest BCUT2D eigenvalue weighted by Crippen LogP contribution is -1.83. The van der Waals surface area contributed by atoms with Gasteiger partial charge in [-0.3, -0.25) is 0 Å². The van der Waals surface area contributed by atoms with Gasteiger partial charge in [0.05, 0.1) is 5.69 Å². The van der Waals surface area contributed by atoms with Gasteiger partial charge < -0.3 is 5.73 Å². The predicted octanol–water partition coefficient (Wildman–Crippen LogP) is 3.77. The highest BCUT2D eigenvalue weighted by Crippen LogP contribution is 2.20. The summed E-state index contributed by atoms with van der Waals surface area (Å²) in [6.45, 7) is 4.25. The summed E-state index contributed by atoms with van der Waals surface area (Å²) in [6, 6.07) is 7.84. The second-order valence-electron chi connectivity index (χ2n) is 3.91. The van der Waals surface area contributed by atoms with E-state index >= 15 is 0 Å². The molecule has 2 rings (SSSR count). The normalized spacial score (nSPS) is 11.2. The van der Waals surface area contributed by atoms with Crippen molar-refractivity contribution in [3.05, 3.63) is 45.4 Å². The summed E-state index contributed by atoms with van der Waals surface area (Å²) in [5, 5.41) is 1.06. The van der Waals surface area contributed by atoms with E-state index in [1.807, 2.05) is 36.4 Å². The van der Waals surface area contributed by atoms with Crippen LogP contribution in [-0.4, -0.2) is 4.98 Å². The third kappa shape index (κ3) is 2.94. The molecule has 0 bridgehead atoms. The van der Waals surface area contributed by atoms with Crippen LogP contribution in [0.3, 0.4) is 0 Å². The number of nitrogens with two attached hydrogens (primary N) is 1. The largest absolute Gasteiger partial charge is 0.399 e. The van der Waals surface area contributed by atoms with E-state index in [0.717, 1.165) is 22.7 Å². The lowest BCUT2D eigenvalue weighted by Gasteiger charge is -1.94. The molecule has 0 aliphatic rings. The molecular formula is C14H16N2S. The van der Waals surface area contributed by atoms with E-state index in [1.54, 1.807) is 11.3 Å². The fraction of sp³-hybridized carbons (Fsp3) is 0.214. The molecule has 0 atom stereocenters. The molecule has 2 N–H and O–H groups in total. The van der Waals surface area contributed by atoms with Crippen LogP contribution < -0.4 is 5.73 Å². The molecule has 0 fully saturated rings. The highest BCUT2D eigenvalue weighted by atomic mass is 32.1. The minimum atomic E-state index is 0.789. The molecule has 3 heteroatoms. The fourth-order valence-corrected chi connectivity index (χ4v) is 2.59. The van der Waals surface area contributed by atoms with Gasteiger partial charge in [-0.15, -0.1) is 11.3 Å². The summed E-state index contributed by atoms with van der Waals surface area (Å²) in [7, 11) is 0. The number of anilines is 1. The molecule has 2 nitrogen and oxygen atoms in total. The lowest BCUT2D eigenvalue weighted by molar-refractivity contribution is 1.04. The van der Waals surface area contributed by atoms with Gasteiger partial charge in [0, 0.05) is 10.6 Å². The van der Waals surface area contributed by atoms with Crippen molar-refractivity contribution in [1.29, 1.82) is 0 Å². The van der Waals surface area contributed by atoms with Crippen molar-refractivity contribution in [3.63, 3.8) is 0 Å². The van der Waals surface area contributed by atoms with Crippen molar-refractivity contribution in [1.82, 2.24) is 4.98 Å². The SMILES string of the molecule is CCc1nc(/C=C/c2cccc(N)c2)sc1C. The molecule has 1 aromatic carbocycles. The van der Waals surface area contributed by atoms with E-state index in [0.29, 0.717) is 0 Å². The van der Waals surface area contributed by atoms with Gasteiger partial charge in [0.2, 0.25) is 0 Å². The van der Waals surface area contributed by atoms with Crippen molar-refractivity contribution in [2.24, 2.45) is 0 Å². The van der Waals surface area contributed by atoms with E-state index in [9.17, 15) is 0 Å². The van der Waals surface area contributed by atoms with Crippen LogP contribution in [0.5, 0.6) is 0 Å². The fourth-order valence-electron chi connectivity index (χ4n) is 1.68. The molecule has 0 unspecified atom stereocenters. The van der Waals surface area contributed by atoms with Gasteiger partial charge in [-0.25, -0.2) is 4.98 Å². The zero-order chi connectivity index (χ0) is 12.3. The number of nitrogen functional groups attached to an aromatic ring is 1. The summed E-state index contributed by atoms with van der Waals surface area (Å²) in [4.78, 5) is 5.87. The number of hydrogen-bond acceptors (Lipinski definition) is 3. The van der Waals surface area contributed by atoms with Crippen LogP contribution in [0.2, 0.25) is 0 Å². The zero-order valence-electron chi connectivity index (χ0n) is 10.1. The Morgan fingerprint density at radius 2 is 2.18 bits per heavy atom. The standard InChI is InChI=1S/C14H16N2S/c1-3-13-10(2)17-14(16-13)8-7-11-5-4-6-12(15)9-11/h4-9H,3,15H2,1-2H3/b8-7+. The van der Waals surface area contributed by atoms with Gasteiger partial charge >= 0.3 is 0 Å². The minimum absolute atomic E-state index is 0.789. The molecule has 0 saturated carbocycles. The number of benzene rings is 1. The van der Waals surface area contributed by atoms with Crippen LogP contribution in [-0.2, 0) is 6.42 Å². The maximum Gasteiger partial charge on any atom is 0.116 e. The predicted molar refractivity (Wildman–Crippen MR) is 76.0 cm³/mol. The molecule has 0 spiro atoms. The molecule has 2 aromatic rings. The van der Waals surface area contributed by atoms with Gasteiger partial charge in [-0.1, -0.05) is 25.1 Å². The number of aromatic nitrogens is 1. The summed E-state index contributed by atoms with van der Waals surface area (Å²) < 4.78 is 0. The maximum atomic E-state index is 5.73. The Morgan fingerprint density at radius 3 is 2.82 bits per heavy atom. The maximum absolute atomic E-state index is 5.73. The third-order valence-electron chi connectivity index (χ3n) is 2.57. The number of thiazole rings is 1. The number of nitrogens with zero attached hydrogens (tertiary/aromatic N) is 1. The van der Waals surface area contributed by atoms with Gasteiger partial charge in [0.25, 0.3) is 0 Å². The van der Waals surface area contributed by atoms with E-state index in [-0.39, 0.29) is 0 Å². The van der Waals surface area contributed by atoms with Crippen LogP contribution >= 0.6 is 11.3 Å². The lowest BCUT2D eigenvalue weighted by atomic mass is 10.2. The van der Waals surface area contributed by atoms with Crippen LogP contribution in [0.15, 0.2) is 24.3 Å². The molecule has 17 heavy (non-hydrogen) atoms. The van der Waals surface area contributed by atoms with Gasteiger partial charge in [-0.05, 0) is 37.1 Å². The monoisotopic (exact) mass is 244 g/mol. The first kappa shape index (κ1) is 11.9. The van der Waals surface area contributed by atoms with Crippen molar-refractivity contribution in [2.75, 3.05) is 5.73 Å². The van der Waals surface area contributed by atoms with Crippen LogP contribution in [0.4, 0.5) is 5.69 Å². The van der Waals surface area contributed by atoms with E-state index < -0.39 is 0 Å². The topological polar surface area (TPSA) is 38.9 Å². The summed E-state index contributed by atoms with van der Waals surface area (Å²) in [6.07, 6.45) is 5.09. The van der Waals surface area contributed by atoms with Gasteiger partial charge in [-0.2, -0.15) is 0 Å². The molecule has 0 radical (unpaired) electrons. The molecule has 1 aromatic heterocycles. The third-order valence-corrected chi connectivity index (χ3v) is 3.55. The Balaban J connectivity index is 2.20. The number of aryl methyl sites for hydroxylation is 2. The average Bonchev–Trinajstić information content (AvgIpc) is 2.67. The molecule has 0 saturated heterocycles. The van der Waals surface area contributed by atoms with Gasteiger partial charge in [0.1, 0.15) is 5.01 Å². The smallest absolute Gasteiger partial charge is 0.116 e. The Kier molecular flexibility index (Phi) is 3.59. The Bertz CT molecular complexity index is 541. The molecule has 0 aliphatic heterocycles. The highest BCUT2D eigenvalue weighted by molar-refractivity contribution is 7.12. The average molecular weight is 244 g/mol. The number of hydrogen-bond donors (Lipinski definition) is 1. The highest BCUT2D eigenvalue weighted by Gasteiger charge is 2.02. The zero-order valence-corrected chi connectivity index (χ0v) is 10.9. The molecular weight excluding hydrogens is 228 g/mol. The first-order valence-electron chi connectivity index (χ1n) is 5.69. The molecule has 0 aliphatic carbocycles. The first-order valence-corrected chi connectivity index (χ1v) is 6.50. The quantitative estimate of drug-likeness (QED) is 0.835. The van der Waals surface area contributed by atoms with E-state index in [4.69, 9.17) is 5.73 Å². The van der Waals surface area contributed by atoms with E-state index in [2.05, 4.69) is 18.8 Å².